The van der Waals surface area contributed by atoms with Gasteiger partial charge in [-0.2, -0.15) is 0 Å². The van der Waals surface area contributed by atoms with Gasteiger partial charge in [0, 0.05) is 22.9 Å². The van der Waals surface area contributed by atoms with Crippen LogP contribution >= 0.6 is 35.1 Å². The van der Waals surface area contributed by atoms with E-state index in [-0.39, 0.29) is 10.6 Å². The van der Waals surface area contributed by atoms with Crippen LogP contribution < -0.4 is 16.4 Å². The molecule has 1 unspecified atom stereocenters. The number of thioether (sulfide) groups is 2. The number of carbonyl (C=O) groups excluding carboxylic acids is 1. The number of nitrogens with zero attached hydrogens (tertiary/aromatic N) is 1. The quantitative estimate of drug-likeness (QED) is 0.346. The summed E-state index contributed by atoms with van der Waals surface area (Å²) < 4.78 is 0. The monoisotopic (exact) mass is 462 g/mol. The molecule has 8 heteroatoms. The Kier molecular flexibility index (Phi) is 8.50. The van der Waals surface area contributed by atoms with Crippen LogP contribution in [-0.4, -0.2) is 22.3 Å². The van der Waals surface area contributed by atoms with Crippen molar-refractivity contribution < 1.29 is 4.79 Å². The highest BCUT2D eigenvalue weighted by atomic mass is 35.5. The Labute approximate surface area is 191 Å². The predicted molar refractivity (Wildman–Crippen MR) is 131 cm³/mol. The summed E-state index contributed by atoms with van der Waals surface area (Å²) in [5.41, 5.74) is 10.2. The third-order valence-electron chi connectivity index (χ3n) is 4.66. The second-order valence-corrected chi connectivity index (χ2v) is 9.77. The average Bonchev–Trinajstić information content (AvgIpc) is 3.09. The lowest BCUT2D eigenvalue weighted by molar-refractivity contribution is -0.111. The minimum Gasteiger partial charge on any atom is -0.378 e. The van der Waals surface area contributed by atoms with E-state index in [0.717, 1.165) is 59.5 Å². The number of halogens is 1. The fourth-order valence-electron chi connectivity index (χ4n) is 2.99. The first-order valence-corrected chi connectivity index (χ1v) is 12.1. The third kappa shape index (κ3) is 6.67. The number of nitrogens with one attached hydrogen (secondary N) is 2. The molecule has 1 atom stereocenters. The number of hydrogen-bond donors (Lipinski definition) is 3. The minimum absolute atomic E-state index is 0.0683. The van der Waals surface area contributed by atoms with Crippen molar-refractivity contribution >= 4 is 56.8 Å². The molecule has 0 fully saturated rings. The average molecular weight is 463 g/mol. The number of fused-ring (bicyclic) bond motifs is 1. The molecule has 0 aromatic heterocycles. The highest BCUT2D eigenvalue weighted by molar-refractivity contribution is 8.26. The van der Waals surface area contributed by atoms with Gasteiger partial charge in [-0.15, -0.1) is 0 Å². The largest absolute Gasteiger partial charge is 0.378 e. The standard InChI is InChI=1S/C22H27ClN4OS2/c1-3-4-5-20(28)30-21(24)26-16-8-6-15(7-9-16)10-11-25-22-27-18-12-14(2)17(23)13-19(18)29-22/h6-9,12-13,22,25,27H,3-5,10-11H2,1-2H3,(H2,24,26). The molecule has 1 heterocycles. The maximum absolute atomic E-state index is 11.8. The number of aryl methyl sites for hydroxylation is 1. The Morgan fingerprint density at radius 1 is 1.33 bits per heavy atom. The van der Waals surface area contributed by atoms with Gasteiger partial charge in [-0.1, -0.05) is 48.8 Å². The van der Waals surface area contributed by atoms with Crippen LogP contribution in [0.15, 0.2) is 46.3 Å². The zero-order valence-electron chi connectivity index (χ0n) is 17.2. The van der Waals surface area contributed by atoms with Gasteiger partial charge in [-0.05, 0) is 66.9 Å². The Bertz CT molecular complexity index is 887. The molecule has 3 rings (SSSR count). The summed E-state index contributed by atoms with van der Waals surface area (Å²) in [4.78, 5) is 17.3. The summed E-state index contributed by atoms with van der Waals surface area (Å²) >= 11 is 8.99. The van der Waals surface area contributed by atoms with Crippen LogP contribution in [-0.2, 0) is 11.2 Å². The lowest BCUT2D eigenvalue weighted by atomic mass is 10.1. The number of benzene rings is 2. The van der Waals surface area contributed by atoms with Crippen LogP contribution in [0.4, 0.5) is 11.4 Å². The van der Waals surface area contributed by atoms with Crippen molar-refractivity contribution in [2.24, 2.45) is 10.7 Å². The summed E-state index contributed by atoms with van der Waals surface area (Å²) in [5, 5.41) is 8.17. The van der Waals surface area contributed by atoms with E-state index in [1.807, 2.05) is 37.3 Å². The minimum atomic E-state index is 0.0683. The summed E-state index contributed by atoms with van der Waals surface area (Å²) in [5.74, 6) is 0. The fourth-order valence-corrected chi connectivity index (χ4v) is 4.92. The Balaban J connectivity index is 1.44. The second kappa shape index (κ2) is 11.1. The van der Waals surface area contributed by atoms with Gasteiger partial charge in [0.15, 0.2) is 10.3 Å². The van der Waals surface area contributed by atoms with Crippen molar-refractivity contribution in [1.29, 1.82) is 0 Å². The van der Waals surface area contributed by atoms with E-state index in [1.165, 1.54) is 10.5 Å². The molecule has 5 nitrogen and oxygen atoms in total. The molecule has 0 saturated heterocycles. The van der Waals surface area contributed by atoms with Crippen LogP contribution in [0.2, 0.25) is 5.02 Å². The zero-order chi connectivity index (χ0) is 21.5. The third-order valence-corrected chi connectivity index (χ3v) is 6.92. The molecule has 0 aliphatic carbocycles. The van der Waals surface area contributed by atoms with Gasteiger partial charge >= 0.3 is 0 Å². The second-order valence-electron chi connectivity index (χ2n) is 7.14. The number of carbonyl (C=O) groups is 1. The lowest BCUT2D eigenvalue weighted by Gasteiger charge is -2.12. The number of amidine groups is 1. The maximum atomic E-state index is 11.8. The molecule has 160 valence electrons. The number of aliphatic imine (C=N–C) groups is 1. The van der Waals surface area contributed by atoms with Gasteiger partial charge in [0.1, 0.15) is 5.50 Å². The molecular formula is C22H27ClN4OS2. The van der Waals surface area contributed by atoms with E-state index in [9.17, 15) is 4.79 Å². The molecule has 0 saturated carbocycles. The van der Waals surface area contributed by atoms with Crippen LogP contribution in [0.1, 0.15) is 37.3 Å². The molecule has 2 aromatic carbocycles. The molecule has 30 heavy (non-hydrogen) atoms. The molecule has 0 bridgehead atoms. The van der Waals surface area contributed by atoms with Gasteiger partial charge in [-0.3, -0.25) is 10.1 Å². The summed E-state index contributed by atoms with van der Waals surface area (Å²) in [6, 6.07) is 12.1. The number of rotatable bonds is 8. The van der Waals surface area contributed by atoms with E-state index in [4.69, 9.17) is 17.3 Å². The van der Waals surface area contributed by atoms with Crippen molar-refractivity contribution in [3.63, 3.8) is 0 Å². The molecule has 0 radical (unpaired) electrons. The summed E-state index contributed by atoms with van der Waals surface area (Å²) in [6.07, 6.45) is 3.32. The predicted octanol–water partition coefficient (Wildman–Crippen LogP) is 5.68. The first-order chi connectivity index (χ1) is 14.4. The highest BCUT2D eigenvalue weighted by Gasteiger charge is 2.21. The number of hydrogen-bond acceptors (Lipinski definition) is 6. The number of unbranched alkanes of at least 4 members (excludes halogenated alkanes) is 1. The highest BCUT2D eigenvalue weighted by Crippen LogP contribution is 2.40. The van der Waals surface area contributed by atoms with Crippen molar-refractivity contribution in [3.05, 3.63) is 52.5 Å². The van der Waals surface area contributed by atoms with Crippen molar-refractivity contribution in [2.45, 2.75) is 49.9 Å². The van der Waals surface area contributed by atoms with Gasteiger partial charge < -0.3 is 11.1 Å². The van der Waals surface area contributed by atoms with Gasteiger partial charge in [0.25, 0.3) is 0 Å². The molecule has 0 spiro atoms. The molecular weight excluding hydrogens is 436 g/mol. The maximum Gasteiger partial charge on any atom is 0.196 e. The normalized spacial score (nSPS) is 15.7. The van der Waals surface area contributed by atoms with E-state index < -0.39 is 0 Å². The zero-order valence-corrected chi connectivity index (χ0v) is 19.6. The molecule has 2 aromatic rings. The fraction of sp³-hybridized carbons (Fsp3) is 0.364. The first kappa shape index (κ1) is 23.0. The van der Waals surface area contributed by atoms with Gasteiger partial charge in [0.05, 0.1) is 11.4 Å². The van der Waals surface area contributed by atoms with Crippen LogP contribution in [0.25, 0.3) is 0 Å². The van der Waals surface area contributed by atoms with E-state index in [2.05, 4.69) is 28.6 Å². The van der Waals surface area contributed by atoms with Gasteiger partial charge in [-0.25, -0.2) is 4.99 Å². The summed E-state index contributed by atoms with van der Waals surface area (Å²) in [6.45, 7) is 4.92. The van der Waals surface area contributed by atoms with Crippen molar-refractivity contribution in [3.8, 4) is 0 Å². The van der Waals surface area contributed by atoms with E-state index >= 15 is 0 Å². The van der Waals surface area contributed by atoms with Crippen molar-refractivity contribution in [1.82, 2.24) is 5.32 Å². The lowest BCUT2D eigenvalue weighted by Crippen LogP contribution is -2.32. The topological polar surface area (TPSA) is 79.5 Å². The Morgan fingerprint density at radius 3 is 2.83 bits per heavy atom. The smallest absolute Gasteiger partial charge is 0.196 e. The van der Waals surface area contributed by atoms with Crippen LogP contribution in [0.3, 0.4) is 0 Å². The first-order valence-electron chi connectivity index (χ1n) is 10.0. The molecule has 1 aliphatic heterocycles. The molecule has 1 aliphatic rings. The SMILES string of the molecule is CCCCC(=O)SC(N)=Nc1ccc(CCNC2Nc3cc(C)c(Cl)cc3S2)cc1. The van der Waals surface area contributed by atoms with Gasteiger partial charge in [0.2, 0.25) is 0 Å². The molecule has 4 N–H and O–H groups in total. The number of nitrogens with two attached hydrogens (primary N) is 1. The number of anilines is 1. The van der Waals surface area contributed by atoms with Crippen molar-refractivity contribution in [2.75, 3.05) is 11.9 Å². The van der Waals surface area contributed by atoms with E-state index in [0.29, 0.717) is 11.6 Å². The summed E-state index contributed by atoms with van der Waals surface area (Å²) in [7, 11) is 0. The Hall–Kier alpha value is -1.67. The molecule has 0 amide bonds. The Morgan fingerprint density at radius 2 is 2.10 bits per heavy atom. The van der Waals surface area contributed by atoms with E-state index in [1.54, 1.807) is 11.8 Å². The van der Waals surface area contributed by atoms with Crippen LogP contribution in [0, 0.1) is 6.92 Å². The van der Waals surface area contributed by atoms with Crippen LogP contribution in [0.5, 0.6) is 0 Å².